The third-order valence-corrected chi connectivity index (χ3v) is 9.79. The molecule has 0 spiro atoms. The molecule has 0 radical (unpaired) electrons. The van der Waals surface area contributed by atoms with E-state index in [2.05, 4.69) is 17.2 Å². The molecule has 1 aliphatic heterocycles. The van der Waals surface area contributed by atoms with E-state index in [0.29, 0.717) is 32.5 Å². The average molecular weight is 563 g/mol. The van der Waals surface area contributed by atoms with Crippen LogP contribution in [0.1, 0.15) is 104 Å². The lowest BCUT2D eigenvalue weighted by Gasteiger charge is -2.33. The summed E-state index contributed by atoms with van der Waals surface area (Å²) >= 11 is 0. The zero-order valence-electron chi connectivity index (χ0n) is 24.1. The third-order valence-electron chi connectivity index (χ3n) is 7.57. The largest absolute Gasteiger partial charge is 0.377 e. The van der Waals surface area contributed by atoms with Crippen LogP contribution in [0.3, 0.4) is 0 Å². The molecule has 3 aliphatic rings. The second-order valence-corrected chi connectivity index (χ2v) is 14.3. The van der Waals surface area contributed by atoms with E-state index in [4.69, 9.17) is 9.26 Å². The topological polar surface area (TPSA) is 105 Å². The van der Waals surface area contributed by atoms with Gasteiger partial charge in [0, 0.05) is 42.8 Å². The van der Waals surface area contributed by atoms with Crippen LogP contribution >= 0.6 is 7.60 Å². The lowest BCUT2D eigenvalue weighted by Crippen LogP contribution is -2.35. The van der Waals surface area contributed by atoms with Gasteiger partial charge in [0.15, 0.2) is 0 Å². The summed E-state index contributed by atoms with van der Waals surface area (Å²) in [5.74, 6) is 7.04. The summed E-state index contributed by atoms with van der Waals surface area (Å²) < 4.78 is 22.5. The molecular formula is C30H47N2O6P. The first-order valence-electron chi connectivity index (χ1n) is 14.7. The minimum atomic E-state index is -3.68. The smallest absolute Gasteiger partial charge is 0.333 e. The van der Waals surface area contributed by atoms with Gasteiger partial charge in [-0.3, -0.25) is 14.2 Å². The quantitative estimate of drug-likeness (QED) is 0.172. The fourth-order valence-electron chi connectivity index (χ4n) is 5.03. The first-order chi connectivity index (χ1) is 18.6. The summed E-state index contributed by atoms with van der Waals surface area (Å²) in [7, 11) is -3.68. The van der Waals surface area contributed by atoms with Crippen LogP contribution in [0.2, 0.25) is 0 Å². The molecule has 2 amide bonds. The van der Waals surface area contributed by atoms with Gasteiger partial charge in [0.1, 0.15) is 0 Å². The highest BCUT2D eigenvalue weighted by Crippen LogP contribution is 2.54. The molecule has 9 heteroatoms. The molecule has 1 heterocycles. The molecule has 3 rings (SSSR count). The van der Waals surface area contributed by atoms with Gasteiger partial charge < -0.3 is 24.4 Å². The van der Waals surface area contributed by atoms with Crippen molar-refractivity contribution in [2.75, 3.05) is 32.9 Å². The van der Waals surface area contributed by atoms with Gasteiger partial charge >= 0.3 is 7.60 Å². The molecule has 218 valence electrons. The predicted molar refractivity (Wildman–Crippen MR) is 153 cm³/mol. The summed E-state index contributed by atoms with van der Waals surface area (Å²) in [5, 5.41) is 2.00. The van der Waals surface area contributed by atoms with E-state index in [1.807, 2.05) is 4.90 Å². The molecule has 1 atom stereocenters. The van der Waals surface area contributed by atoms with Crippen molar-refractivity contribution in [1.29, 1.82) is 0 Å². The summed E-state index contributed by atoms with van der Waals surface area (Å²) in [4.78, 5) is 37.3. The number of carbonyl (C=O) groups is 2. The molecule has 2 aliphatic carbocycles. The fourth-order valence-corrected chi connectivity index (χ4v) is 5.74. The highest BCUT2D eigenvalue weighted by Gasteiger charge is 2.36. The van der Waals surface area contributed by atoms with Crippen molar-refractivity contribution in [3.8, 4) is 11.8 Å². The normalized spacial score (nSPS) is 19.2. The fraction of sp³-hybridized carbons (Fsp3) is 0.733. The summed E-state index contributed by atoms with van der Waals surface area (Å²) in [6.45, 7) is 6.57. The van der Waals surface area contributed by atoms with Crippen molar-refractivity contribution in [2.24, 2.45) is 0 Å². The minimum absolute atomic E-state index is 0.0277. The number of hydrogen-bond acceptors (Lipinski definition) is 5. The molecule has 0 aromatic rings. The van der Waals surface area contributed by atoms with Crippen LogP contribution in [0.15, 0.2) is 22.4 Å². The Hall–Kier alpha value is -1.91. The van der Waals surface area contributed by atoms with E-state index in [1.165, 1.54) is 29.6 Å². The molecule has 0 aromatic carbocycles. The zero-order valence-corrected chi connectivity index (χ0v) is 25.0. The standard InChI is InChI=1S/C30H47N2O6P/c1-30(2,3)39(35,36)38-22-21-37-20-19-31-28(33)15-5-4-6-16-29(34)32-23-26-13-8-7-11-24(26)17-18-25-12-9-10-14-27(25)32/h4-16,19-23H2,1-3H3,(H,31,33)(H,35,36). The van der Waals surface area contributed by atoms with E-state index < -0.39 is 12.8 Å². The van der Waals surface area contributed by atoms with Gasteiger partial charge in [-0.2, -0.15) is 0 Å². The van der Waals surface area contributed by atoms with Crippen LogP contribution in [0.25, 0.3) is 0 Å². The Balaban J connectivity index is 1.31. The van der Waals surface area contributed by atoms with Crippen LogP contribution in [0.4, 0.5) is 0 Å². The number of carbonyl (C=O) groups excluding carboxylic acids is 2. The van der Waals surface area contributed by atoms with Crippen molar-refractivity contribution in [3.63, 3.8) is 0 Å². The van der Waals surface area contributed by atoms with Gasteiger partial charge in [0.2, 0.25) is 11.8 Å². The van der Waals surface area contributed by atoms with E-state index >= 15 is 0 Å². The number of nitrogens with one attached hydrogen (secondary N) is 1. The van der Waals surface area contributed by atoms with Gasteiger partial charge in [-0.1, -0.05) is 18.3 Å². The molecule has 1 unspecified atom stereocenters. The Labute approximate surface area is 234 Å². The first kappa shape index (κ1) is 31.6. The maximum Gasteiger partial charge on any atom is 0.333 e. The number of hydrogen-bond donors (Lipinski definition) is 2. The van der Waals surface area contributed by atoms with Gasteiger partial charge in [-0.15, -0.1) is 0 Å². The Morgan fingerprint density at radius 1 is 0.923 bits per heavy atom. The highest BCUT2D eigenvalue weighted by atomic mass is 31.2. The number of nitrogens with zero attached hydrogens (tertiary/aromatic N) is 1. The van der Waals surface area contributed by atoms with Crippen molar-refractivity contribution in [3.05, 3.63) is 22.4 Å². The van der Waals surface area contributed by atoms with Gasteiger partial charge in [-0.05, 0) is 90.6 Å². The van der Waals surface area contributed by atoms with Crippen LogP contribution in [-0.4, -0.2) is 59.7 Å². The Kier molecular flexibility index (Phi) is 12.3. The van der Waals surface area contributed by atoms with E-state index in [0.717, 1.165) is 63.5 Å². The average Bonchev–Trinajstić information content (AvgIpc) is 2.88. The zero-order chi connectivity index (χ0) is 28.3. The lowest BCUT2D eigenvalue weighted by atomic mass is 9.88. The number of allylic oxidation sites excluding steroid dienone is 3. The minimum Gasteiger partial charge on any atom is -0.377 e. The van der Waals surface area contributed by atoms with Crippen LogP contribution < -0.4 is 5.32 Å². The lowest BCUT2D eigenvalue weighted by molar-refractivity contribution is -0.129. The van der Waals surface area contributed by atoms with Crippen molar-refractivity contribution in [1.82, 2.24) is 10.2 Å². The van der Waals surface area contributed by atoms with E-state index in [-0.39, 0.29) is 25.0 Å². The Bertz CT molecular complexity index is 1050. The molecule has 0 saturated heterocycles. The van der Waals surface area contributed by atoms with E-state index in [1.54, 1.807) is 20.8 Å². The molecule has 0 bridgehead atoms. The Morgan fingerprint density at radius 2 is 1.59 bits per heavy atom. The van der Waals surface area contributed by atoms with Gasteiger partial charge in [0.25, 0.3) is 0 Å². The summed E-state index contributed by atoms with van der Waals surface area (Å²) in [6.07, 6.45) is 11.9. The maximum absolute atomic E-state index is 13.3. The SMILES string of the molecule is CC(C)(C)P(=O)(O)OCCOCCNC(=O)CCCCCC(=O)N1CC2=C(C#CC3=C1CCCC3)CCCC2. The van der Waals surface area contributed by atoms with Gasteiger partial charge in [-0.25, -0.2) is 0 Å². The molecule has 2 N–H and O–H groups in total. The molecule has 39 heavy (non-hydrogen) atoms. The molecule has 0 saturated carbocycles. The molecule has 0 fully saturated rings. The first-order valence-corrected chi connectivity index (χ1v) is 16.2. The number of unbranched alkanes of at least 4 members (excludes halogenated alkanes) is 2. The third kappa shape index (κ3) is 9.90. The molecule has 0 aromatic heterocycles. The van der Waals surface area contributed by atoms with Crippen molar-refractivity contribution >= 4 is 19.4 Å². The van der Waals surface area contributed by atoms with Crippen LogP contribution in [-0.2, 0) is 23.4 Å². The van der Waals surface area contributed by atoms with Crippen molar-refractivity contribution in [2.45, 2.75) is 109 Å². The van der Waals surface area contributed by atoms with Crippen molar-refractivity contribution < 1.29 is 28.3 Å². The van der Waals surface area contributed by atoms with Crippen LogP contribution in [0, 0.1) is 11.8 Å². The highest BCUT2D eigenvalue weighted by molar-refractivity contribution is 7.54. The number of amides is 2. The van der Waals surface area contributed by atoms with Gasteiger partial charge in [0.05, 0.1) is 25.0 Å². The second-order valence-electron chi connectivity index (χ2n) is 11.7. The maximum atomic E-state index is 13.3. The monoisotopic (exact) mass is 562 g/mol. The van der Waals surface area contributed by atoms with Crippen LogP contribution in [0.5, 0.6) is 0 Å². The summed E-state index contributed by atoms with van der Waals surface area (Å²) in [5.41, 5.74) is 4.94. The second kappa shape index (κ2) is 15.2. The predicted octanol–water partition coefficient (Wildman–Crippen LogP) is 5.61. The molecule has 8 nitrogen and oxygen atoms in total. The van der Waals surface area contributed by atoms with E-state index in [9.17, 15) is 19.0 Å². The number of rotatable bonds is 13. The number of ether oxygens (including phenoxy) is 1. The molecular weight excluding hydrogens is 515 g/mol. The Morgan fingerprint density at radius 3 is 2.36 bits per heavy atom. The summed E-state index contributed by atoms with van der Waals surface area (Å²) in [6, 6.07) is 0.